The van der Waals surface area contributed by atoms with E-state index in [-0.39, 0.29) is 5.91 Å². The molecule has 2 aromatic heterocycles. The number of nitriles is 1. The number of hydrogen-bond donors (Lipinski definition) is 1. The van der Waals surface area contributed by atoms with E-state index in [2.05, 4.69) is 20.4 Å². The van der Waals surface area contributed by atoms with Crippen LogP contribution in [0.25, 0.3) is 5.82 Å². The molecule has 3 aromatic rings. The van der Waals surface area contributed by atoms with Gasteiger partial charge in [-0.3, -0.25) is 4.79 Å². The van der Waals surface area contributed by atoms with E-state index in [1.54, 1.807) is 49.5 Å². The van der Waals surface area contributed by atoms with Crippen molar-refractivity contribution in [1.29, 1.82) is 5.26 Å². The van der Waals surface area contributed by atoms with Gasteiger partial charge in [0.25, 0.3) is 5.91 Å². The maximum atomic E-state index is 12.4. The van der Waals surface area contributed by atoms with Gasteiger partial charge in [0.15, 0.2) is 11.9 Å². The first-order valence-corrected chi connectivity index (χ1v) is 7.45. The molecule has 8 heteroatoms. The van der Waals surface area contributed by atoms with Gasteiger partial charge in [0.2, 0.25) is 0 Å². The van der Waals surface area contributed by atoms with Crippen molar-refractivity contribution in [2.45, 2.75) is 13.0 Å². The highest BCUT2D eigenvalue weighted by Crippen LogP contribution is 2.20. The third-order valence-corrected chi connectivity index (χ3v) is 3.36. The number of amides is 1. The van der Waals surface area contributed by atoms with Crippen LogP contribution in [0.3, 0.4) is 0 Å². The number of aromatic nitrogens is 4. The minimum Gasteiger partial charge on any atom is -0.480 e. The number of nitrogens with one attached hydrogen (secondary N) is 1. The maximum absolute atomic E-state index is 12.4. The van der Waals surface area contributed by atoms with E-state index in [1.807, 2.05) is 6.07 Å². The molecule has 0 aliphatic carbocycles. The van der Waals surface area contributed by atoms with Crippen molar-refractivity contribution in [3.05, 3.63) is 60.8 Å². The van der Waals surface area contributed by atoms with Gasteiger partial charge in [0.1, 0.15) is 24.5 Å². The minimum atomic E-state index is -0.807. The molecule has 2 heterocycles. The number of ether oxygens (including phenoxy) is 1. The Morgan fingerprint density at radius 3 is 2.92 bits per heavy atom. The van der Waals surface area contributed by atoms with E-state index in [9.17, 15) is 4.79 Å². The number of benzene rings is 1. The van der Waals surface area contributed by atoms with Crippen molar-refractivity contribution in [2.24, 2.45) is 0 Å². The molecule has 1 N–H and O–H groups in total. The zero-order valence-corrected chi connectivity index (χ0v) is 13.3. The zero-order valence-electron chi connectivity index (χ0n) is 13.3. The molecule has 0 spiro atoms. The Morgan fingerprint density at radius 1 is 1.32 bits per heavy atom. The van der Waals surface area contributed by atoms with E-state index in [0.717, 1.165) is 0 Å². The second-order valence-corrected chi connectivity index (χ2v) is 5.07. The normalized spacial score (nSPS) is 11.4. The number of nitrogens with zero attached hydrogens (tertiary/aromatic N) is 5. The molecule has 0 bridgehead atoms. The van der Waals surface area contributed by atoms with Gasteiger partial charge in [0, 0.05) is 6.20 Å². The molecule has 124 valence electrons. The quantitative estimate of drug-likeness (QED) is 0.764. The number of para-hydroxylation sites is 1. The molecule has 0 fully saturated rings. The monoisotopic (exact) mass is 334 g/mol. The second kappa shape index (κ2) is 7.23. The lowest BCUT2D eigenvalue weighted by molar-refractivity contribution is -0.122. The summed E-state index contributed by atoms with van der Waals surface area (Å²) in [6, 6.07) is 12.2. The molecule has 8 nitrogen and oxygen atoms in total. The molecule has 0 aliphatic heterocycles. The number of rotatable bonds is 5. The summed E-state index contributed by atoms with van der Waals surface area (Å²) in [6.45, 7) is 1.61. The number of pyridine rings is 1. The molecule has 0 unspecified atom stereocenters. The average molecular weight is 334 g/mol. The summed E-state index contributed by atoms with van der Waals surface area (Å²) in [5.74, 6) is 0.426. The van der Waals surface area contributed by atoms with Gasteiger partial charge < -0.3 is 10.1 Å². The van der Waals surface area contributed by atoms with Gasteiger partial charge in [0.05, 0.1) is 11.3 Å². The fourth-order valence-corrected chi connectivity index (χ4v) is 2.13. The van der Waals surface area contributed by atoms with Gasteiger partial charge >= 0.3 is 0 Å². The van der Waals surface area contributed by atoms with Crippen LogP contribution < -0.4 is 10.1 Å². The Bertz CT molecular complexity index is 917. The lowest BCUT2D eigenvalue weighted by atomic mass is 10.2. The predicted octanol–water partition coefficient (Wildman–Crippen LogP) is 1.94. The van der Waals surface area contributed by atoms with Crippen molar-refractivity contribution in [2.75, 3.05) is 5.32 Å². The van der Waals surface area contributed by atoms with Crippen LogP contribution in [0.15, 0.2) is 55.2 Å². The summed E-state index contributed by atoms with van der Waals surface area (Å²) in [4.78, 5) is 20.5. The van der Waals surface area contributed by atoms with E-state index < -0.39 is 6.10 Å². The molecule has 1 aromatic carbocycles. The van der Waals surface area contributed by atoms with Gasteiger partial charge in [-0.15, -0.1) is 0 Å². The SMILES string of the molecule is C[C@H](Oc1ccccc1C#N)C(=O)Nc1cccnc1-n1cncn1. The van der Waals surface area contributed by atoms with Crippen LogP contribution >= 0.6 is 0 Å². The lowest BCUT2D eigenvalue weighted by Crippen LogP contribution is -2.30. The first-order valence-electron chi connectivity index (χ1n) is 7.45. The molecule has 1 atom stereocenters. The Hall–Kier alpha value is -3.73. The van der Waals surface area contributed by atoms with Crippen LogP contribution in [-0.4, -0.2) is 31.8 Å². The first-order chi connectivity index (χ1) is 12.2. The van der Waals surface area contributed by atoms with E-state index in [0.29, 0.717) is 22.8 Å². The molecule has 1 amide bonds. The summed E-state index contributed by atoms with van der Waals surface area (Å²) in [7, 11) is 0. The van der Waals surface area contributed by atoms with Crippen molar-refractivity contribution in [1.82, 2.24) is 19.7 Å². The van der Waals surface area contributed by atoms with Gasteiger partial charge in [-0.2, -0.15) is 10.4 Å². The first kappa shape index (κ1) is 16.1. The summed E-state index contributed by atoms with van der Waals surface area (Å²) in [5.41, 5.74) is 0.842. The fourth-order valence-electron chi connectivity index (χ4n) is 2.13. The van der Waals surface area contributed by atoms with Crippen LogP contribution in [-0.2, 0) is 4.79 Å². The average Bonchev–Trinajstić information content (AvgIpc) is 3.17. The largest absolute Gasteiger partial charge is 0.480 e. The molecule has 25 heavy (non-hydrogen) atoms. The number of carbonyl (C=O) groups is 1. The van der Waals surface area contributed by atoms with Crippen LogP contribution in [0.2, 0.25) is 0 Å². The highest BCUT2D eigenvalue weighted by atomic mass is 16.5. The van der Waals surface area contributed by atoms with Crippen molar-refractivity contribution in [3.8, 4) is 17.6 Å². The van der Waals surface area contributed by atoms with Crippen LogP contribution in [0.4, 0.5) is 5.69 Å². The fraction of sp³-hybridized carbons (Fsp3) is 0.118. The smallest absolute Gasteiger partial charge is 0.265 e. The molecular weight excluding hydrogens is 320 g/mol. The van der Waals surface area contributed by atoms with E-state index >= 15 is 0 Å². The Labute approximate surface area is 143 Å². The Morgan fingerprint density at radius 2 is 2.16 bits per heavy atom. The Kier molecular flexibility index (Phi) is 4.67. The minimum absolute atomic E-state index is 0.357. The molecule has 0 aliphatic rings. The third-order valence-electron chi connectivity index (χ3n) is 3.36. The van der Waals surface area contributed by atoms with E-state index in [4.69, 9.17) is 10.00 Å². The van der Waals surface area contributed by atoms with Crippen molar-refractivity contribution in [3.63, 3.8) is 0 Å². The van der Waals surface area contributed by atoms with Crippen LogP contribution in [0, 0.1) is 11.3 Å². The highest BCUT2D eigenvalue weighted by Gasteiger charge is 2.18. The number of carbonyl (C=O) groups excluding carboxylic acids is 1. The van der Waals surface area contributed by atoms with E-state index in [1.165, 1.54) is 17.3 Å². The van der Waals surface area contributed by atoms with Gasteiger partial charge in [-0.25, -0.2) is 14.6 Å². The summed E-state index contributed by atoms with van der Waals surface area (Å²) >= 11 is 0. The molecule has 0 radical (unpaired) electrons. The Balaban J connectivity index is 1.76. The molecule has 3 rings (SSSR count). The predicted molar refractivity (Wildman–Crippen MR) is 89.0 cm³/mol. The zero-order chi connectivity index (χ0) is 17.6. The summed E-state index contributed by atoms with van der Waals surface area (Å²) in [6.07, 6.45) is 3.65. The van der Waals surface area contributed by atoms with Gasteiger partial charge in [-0.05, 0) is 31.2 Å². The van der Waals surface area contributed by atoms with Crippen molar-refractivity contribution >= 4 is 11.6 Å². The standard InChI is InChI=1S/C17H14N6O2/c1-12(25-15-7-3-2-5-13(15)9-18)17(24)22-14-6-4-8-20-16(14)23-11-19-10-21-23/h2-8,10-12H,1H3,(H,22,24)/t12-/m0/s1. The van der Waals surface area contributed by atoms with Crippen molar-refractivity contribution < 1.29 is 9.53 Å². The summed E-state index contributed by atoms with van der Waals surface area (Å²) < 4.78 is 7.06. The topological polar surface area (TPSA) is 106 Å². The highest BCUT2D eigenvalue weighted by molar-refractivity contribution is 5.95. The van der Waals surface area contributed by atoms with Gasteiger partial charge in [-0.1, -0.05) is 12.1 Å². The van der Waals surface area contributed by atoms with Crippen LogP contribution in [0.5, 0.6) is 5.75 Å². The number of anilines is 1. The molecular formula is C17H14N6O2. The molecule has 0 saturated heterocycles. The number of hydrogen-bond acceptors (Lipinski definition) is 6. The third kappa shape index (κ3) is 3.61. The van der Waals surface area contributed by atoms with Crippen LogP contribution in [0.1, 0.15) is 12.5 Å². The molecule has 0 saturated carbocycles. The second-order valence-electron chi connectivity index (χ2n) is 5.07. The summed E-state index contributed by atoms with van der Waals surface area (Å²) in [5, 5.41) is 15.9. The maximum Gasteiger partial charge on any atom is 0.265 e. The lowest BCUT2D eigenvalue weighted by Gasteiger charge is -2.16.